The lowest BCUT2D eigenvalue weighted by molar-refractivity contribution is -0.190. The normalized spacial score (nSPS) is 52.6. The average molecular weight is 227 g/mol. The van der Waals surface area contributed by atoms with Crippen LogP contribution in [0, 0.1) is 0 Å². The lowest BCUT2D eigenvalue weighted by atomic mass is 10.0. The van der Waals surface area contributed by atoms with Gasteiger partial charge in [0.05, 0.1) is 6.10 Å². The Labute approximate surface area is 72.9 Å². The zero-order valence-corrected chi connectivity index (χ0v) is 7.60. The molecule has 66 valence electrons. The molecule has 1 saturated heterocycles. The summed E-state index contributed by atoms with van der Waals surface area (Å²) in [5.41, 5.74) is 0. The van der Waals surface area contributed by atoms with E-state index >= 15 is 0 Å². The van der Waals surface area contributed by atoms with Crippen molar-refractivity contribution in [2.45, 2.75) is 36.4 Å². The molecule has 0 amide bonds. The summed E-state index contributed by atoms with van der Waals surface area (Å²) in [7, 11) is 0. The van der Waals surface area contributed by atoms with E-state index in [9.17, 15) is 10.2 Å². The third kappa shape index (κ3) is 1.73. The summed E-state index contributed by atoms with van der Waals surface area (Å²) in [5, 5.41) is 26.9. The Balaban J connectivity index is 2.63. The maximum atomic E-state index is 9.18. The molecule has 1 rings (SSSR count). The second-order valence-corrected chi connectivity index (χ2v) is 3.57. The molecule has 1 aliphatic rings. The molecule has 1 heterocycles. The number of ether oxygens (including phenoxy) is 1. The molecule has 1 fully saturated rings. The summed E-state index contributed by atoms with van der Waals surface area (Å²) in [6.07, 6.45) is -3.68. The van der Waals surface area contributed by atoms with E-state index in [1.807, 2.05) is 0 Å². The van der Waals surface area contributed by atoms with Crippen LogP contribution in [0.1, 0.15) is 6.92 Å². The molecule has 0 radical (unpaired) electrons. The SMILES string of the molecule is C[C@@H]1O[C@@H](Br)[C@@H](O)[C@H](O)[C@@H]1O. The molecule has 0 bridgehead atoms. The van der Waals surface area contributed by atoms with Crippen molar-refractivity contribution in [2.75, 3.05) is 0 Å². The highest BCUT2D eigenvalue weighted by molar-refractivity contribution is 9.09. The molecule has 0 aromatic rings. The van der Waals surface area contributed by atoms with E-state index in [1.165, 1.54) is 0 Å². The molecule has 0 saturated carbocycles. The van der Waals surface area contributed by atoms with Crippen LogP contribution in [0.15, 0.2) is 0 Å². The van der Waals surface area contributed by atoms with Crippen molar-refractivity contribution >= 4 is 15.9 Å². The molecule has 5 heteroatoms. The molecule has 1 aliphatic heterocycles. The maximum Gasteiger partial charge on any atom is 0.141 e. The van der Waals surface area contributed by atoms with Crippen LogP contribution in [0.2, 0.25) is 0 Å². The summed E-state index contributed by atoms with van der Waals surface area (Å²) in [4.78, 5) is 0. The molecular weight excluding hydrogens is 216 g/mol. The molecule has 0 spiro atoms. The number of rotatable bonds is 0. The van der Waals surface area contributed by atoms with E-state index in [2.05, 4.69) is 15.9 Å². The van der Waals surface area contributed by atoms with Crippen LogP contribution in [0.25, 0.3) is 0 Å². The monoisotopic (exact) mass is 226 g/mol. The molecule has 0 aromatic heterocycles. The van der Waals surface area contributed by atoms with E-state index in [4.69, 9.17) is 9.84 Å². The summed E-state index contributed by atoms with van der Waals surface area (Å²) in [6, 6.07) is 0. The molecule has 0 aliphatic carbocycles. The third-order valence-electron chi connectivity index (χ3n) is 1.79. The van der Waals surface area contributed by atoms with Gasteiger partial charge in [-0.25, -0.2) is 0 Å². The molecule has 11 heavy (non-hydrogen) atoms. The van der Waals surface area contributed by atoms with E-state index < -0.39 is 29.4 Å². The third-order valence-corrected chi connectivity index (χ3v) is 2.55. The van der Waals surface area contributed by atoms with Gasteiger partial charge >= 0.3 is 0 Å². The first-order valence-corrected chi connectivity index (χ1v) is 4.29. The largest absolute Gasteiger partial charge is 0.388 e. The van der Waals surface area contributed by atoms with Gasteiger partial charge in [-0.2, -0.15) is 0 Å². The van der Waals surface area contributed by atoms with Crippen LogP contribution in [-0.2, 0) is 4.74 Å². The maximum absolute atomic E-state index is 9.18. The molecule has 0 aromatic carbocycles. The van der Waals surface area contributed by atoms with Gasteiger partial charge in [0.2, 0.25) is 0 Å². The quantitative estimate of drug-likeness (QED) is 0.474. The van der Waals surface area contributed by atoms with E-state index in [0.717, 1.165) is 0 Å². The van der Waals surface area contributed by atoms with Crippen LogP contribution < -0.4 is 0 Å². The van der Waals surface area contributed by atoms with Gasteiger partial charge in [-0.1, -0.05) is 15.9 Å². The summed E-state index contributed by atoms with van der Waals surface area (Å²) >= 11 is 3.02. The molecular formula is C6H11BrO4. The van der Waals surface area contributed by atoms with Gasteiger partial charge in [-0.05, 0) is 6.92 Å². The summed E-state index contributed by atoms with van der Waals surface area (Å²) < 4.78 is 5.04. The Kier molecular flexibility index (Phi) is 2.88. The van der Waals surface area contributed by atoms with Gasteiger partial charge in [-0.3, -0.25) is 0 Å². The van der Waals surface area contributed by atoms with Gasteiger partial charge in [0.15, 0.2) is 0 Å². The average Bonchev–Trinajstić information content (AvgIpc) is 1.97. The number of aliphatic hydroxyl groups is 3. The fourth-order valence-corrected chi connectivity index (χ4v) is 1.65. The van der Waals surface area contributed by atoms with Crippen molar-refractivity contribution in [3.63, 3.8) is 0 Å². The lowest BCUT2D eigenvalue weighted by Crippen LogP contribution is -2.54. The van der Waals surface area contributed by atoms with Crippen molar-refractivity contribution in [2.24, 2.45) is 0 Å². The van der Waals surface area contributed by atoms with Gasteiger partial charge < -0.3 is 20.1 Å². The van der Waals surface area contributed by atoms with Crippen LogP contribution in [0.5, 0.6) is 0 Å². The van der Waals surface area contributed by atoms with E-state index in [0.29, 0.717) is 0 Å². The van der Waals surface area contributed by atoms with Crippen molar-refractivity contribution in [3.8, 4) is 0 Å². The first-order chi connectivity index (χ1) is 5.04. The highest BCUT2D eigenvalue weighted by atomic mass is 79.9. The van der Waals surface area contributed by atoms with Gasteiger partial charge in [0, 0.05) is 0 Å². The van der Waals surface area contributed by atoms with Crippen LogP contribution in [0.4, 0.5) is 0 Å². The molecule has 0 unspecified atom stereocenters. The van der Waals surface area contributed by atoms with Gasteiger partial charge in [0.1, 0.15) is 23.3 Å². The van der Waals surface area contributed by atoms with Crippen LogP contribution >= 0.6 is 15.9 Å². The van der Waals surface area contributed by atoms with Crippen LogP contribution in [0.3, 0.4) is 0 Å². The Morgan fingerprint density at radius 2 is 1.64 bits per heavy atom. The zero-order chi connectivity index (χ0) is 8.59. The van der Waals surface area contributed by atoms with Crippen molar-refractivity contribution in [3.05, 3.63) is 0 Å². The van der Waals surface area contributed by atoms with Crippen molar-refractivity contribution in [1.82, 2.24) is 0 Å². The first kappa shape index (κ1) is 9.41. The van der Waals surface area contributed by atoms with Crippen molar-refractivity contribution < 1.29 is 20.1 Å². The summed E-state index contributed by atoms with van der Waals surface area (Å²) in [5.74, 6) is 0. The Morgan fingerprint density at radius 3 is 2.18 bits per heavy atom. The number of hydrogen-bond donors (Lipinski definition) is 3. The summed E-state index contributed by atoms with van der Waals surface area (Å²) in [6.45, 7) is 1.63. The standard InChI is InChI=1S/C6H11BrO4/c1-2-3(8)4(9)5(10)6(7)11-2/h2-6,8-10H,1H3/t2-,3+,4+,5-,6+/m0/s1. The van der Waals surface area contributed by atoms with Gasteiger partial charge in [0.25, 0.3) is 0 Å². The minimum atomic E-state index is -1.14. The van der Waals surface area contributed by atoms with Crippen LogP contribution in [-0.4, -0.2) is 44.7 Å². The number of halogens is 1. The predicted molar refractivity (Wildman–Crippen MR) is 41.3 cm³/mol. The van der Waals surface area contributed by atoms with Crippen molar-refractivity contribution in [1.29, 1.82) is 0 Å². The second kappa shape index (κ2) is 3.37. The highest BCUT2D eigenvalue weighted by Gasteiger charge is 2.40. The van der Waals surface area contributed by atoms with Gasteiger partial charge in [-0.15, -0.1) is 0 Å². The number of aliphatic hydroxyl groups excluding tert-OH is 3. The Morgan fingerprint density at radius 1 is 1.09 bits per heavy atom. The molecule has 3 N–H and O–H groups in total. The first-order valence-electron chi connectivity index (χ1n) is 3.37. The topological polar surface area (TPSA) is 69.9 Å². The molecule has 5 atom stereocenters. The minimum Gasteiger partial charge on any atom is -0.388 e. The Bertz CT molecular complexity index is 129. The minimum absolute atomic E-state index is 0.460. The number of alkyl halides is 1. The van der Waals surface area contributed by atoms with E-state index in [-0.39, 0.29) is 0 Å². The fraction of sp³-hybridized carbons (Fsp3) is 1.00. The predicted octanol–water partition coefficient (Wildman–Crippen LogP) is -0.791. The Hall–Kier alpha value is 0.320. The van der Waals surface area contributed by atoms with E-state index in [1.54, 1.807) is 6.92 Å². The second-order valence-electron chi connectivity index (χ2n) is 2.66. The fourth-order valence-electron chi connectivity index (χ4n) is 1.00. The zero-order valence-electron chi connectivity index (χ0n) is 6.01. The highest BCUT2D eigenvalue weighted by Crippen LogP contribution is 2.23. The smallest absolute Gasteiger partial charge is 0.141 e. The number of hydrogen-bond acceptors (Lipinski definition) is 4. The molecule has 4 nitrogen and oxygen atoms in total. The lowest BCUT2D eigenvalue weighted by Gasteiger charge is -2.36.